The van der Waals surface area contributed by atoms with Gasteiger partial charge in [0.25, 0.3) is 0 Å². The molecule has 0 saturated heterocycles. The lowest BCUT2D eigenvalue weighted by atomic mass is 10.1. The Kier molecular flexibility index (Phi) is 10.2. The maximum Gasteiger partial charge on any atom is 0.129 e. The molecule has 0 atom stereocenters. The van der Waals surface area contributed by atoms with Crippen molar-refractivity contribution in [3.8, 4) is 0 Å². The van der Waals surface area contributed by atoms with Crippen LogP contribution in [-0.2, 0) is 4.74 Å². The van der Waals surface area contributed by atoms with E-state index in [-0.39, 0.29) is 0 Å². The molecule has 0 saturated carbocycles. The zero-order valence-electron chi connectivity index (χ0n) is 11.4. The largest absolute Gasteiger partial charge is 0.381 e. The van der Waals surface area contributed by atoms with Gasteiger partial charge in [0, 0.05) is 19.4 Å². The van der Waals surface area contributed by atoms with Crippen LogP contribution in [0.5, 0.6) is 0 Å². The first-order valence-electron chi connectivity index (χ1n) is 6.31. The summed E-state index contributed by atoms with van der Waals surface area (Å²) in [6.07, 6.45) is 4.01. The molecule has 0 aromatic carbocycles. The van der Waals surface area contributed by atoms with Crippen LogP contribution in [0.1, 0.15) is 52.0 Å². The van der Waals surface area contributed by atoms with Gasteiger partial charge in [-0.1, -0.05) is 39.3 Å². The van der Waals surface area contributed by atoms with Gasteiger partial charge in [0.15, 0.2) is 0 Å². The monoisotopic (exact) mass is 257 g/mol. The number of halogens is 1. The zero-order valence-corrected chi connectivity index (χ0v) is 12.1. The second-order valence-electron chi connectivity index (χ2n) is 4.18. The molecule has 1 aromatic heterocycles. The minimum absolute atomic E-state index is 0.528. The second kappa shape index (κ2) is 10.5. The van der Waals surface area contributed by atoms with Gasteiger partial charge in [-0.05, 0) is 36.5 Å². The summed E-state index contributed by atoms with van der Waals surface area (Å²) in [4.78, 5) is 3.89. The molecule has 0 radical (unpaired) electrons. The average molecular weight is 258 g/mol. The quantitative estimate of drug-likeness (QED) is 0.564. The van der Waals surface area contributed by atoms with Crippen LogP contribution in [0.25, 0.3) is 0 Å². The number of nitrogens with zero attached hydrogens (tertiary/aromatic N) is 1. The lowest BCUT2D eigenvalue weighted by Crippen LogP contribution is -1.92. The molecule has 0 amide bonds. The predicted molar refractivity (Wildman–Crippen MR) is 74.7 cm³/mol. The first-order valence-corrected chi connectivity index (χ1v) is 6.68. The van der Waals surface area contributed by atoms with Gasteiger partial charge in [-0.15, -0.1) is 0 Å². The van der Waals surface area contributed by atoms with Crippen molar-refractivity contribution in [2.75, 3.05) is 13.2 Å². The third-order valence-corrected chi connectivity index (χ3v) is 2.32. The molecule has 0 unspecified atom stereocenters. The van der Waals surface area contributed by atoms with E-state index in [4.69, 9.17) is 16.3 Å². The van der Waals surface area contributed by atoms with Crippen LogP contribution < -0.4 is 0 Å². The Morgan fingerprint density at radius 2 is 1.82 bits per heavy atom. The molecule has 0 N–H and O–H groups in total. The van der Waals surface area contributed by atoms with Crippen molar-refractivity contribution < 1.29 is 4.74 Å². The van der Waals surface area contributed by atoms with Crippen molar-refractivity contribution in [1.29, 1.82) is 0 Å². The highest BCUT2D eigenvalue weighted by Crippen LogP contribution is 2.15. The topological polar surface area (TPSA) is 22.1 Å². The molecule has 2 nitrogen and oxygen atoms in total. The van der Waals surface area contributed by atoms with Crippen LogP contribution in [0, 0.1) is 0 Å². The number of pyridine rings is 1. The van der Waals surface area contributed by atoms with Crippen LogP contribution in [-0.4, -0.2) is 18.2 Å². The van der Waals surface area contributed by atoms with Gasteiger partial charge in [0.05, 0.1) is 0 Å². The van der Waals surface area contributed by atoms with Crippen molar-refractivity contribution in [2.45, 2.75) is 46.5 Å². The third-order valence-electron chi connectivity index (χ3n) is 2.11. The zero-order chi connectivity index (χ0) is 13.1. The third kappa shape index (κ3) is 9.13. The molecule has 1 rings (SSSR count). The molecule has 0 aliphatic heterocycles. The summed E-state index contributed by atoms with van der Waals surface area (Å²) in [5, 5.41) is 0.575. The number of rotatable bonds is 5. The second-order valence-corrected chi connectivity index (χ2v) is 4.57. The van der Waals surface area contributed by atoms with Gasteiger partial charge in [-0.3, -0.25) is 0 Å². The van der Waals surface area contributed by atoms with E-state index in [0.717, 1.165) is 26.1 Å². The van der Waals surface area contributed by atoms with Gasteiger partial charge in [0.2, 0.25) is 0 Å². The molecule has 1 aromatic rings. The van der Waals surface area contributed by atoms with Crippen molar-refractivity contribution in [2.24, 2.45) is 0 Å². The summed E-state index contributed by atoms with van der Waals surface area (Å²) in [5.74, 6) is 0.528. The number of hydrogen-bond acceptors (Lipinski definition) is 2. The standard InChI is InChI=1S/C8H10ClN.C6H14O/c1-6(2)7-3-4-10-8(9)5-7;1-3-5-7-6-4-2/h3-6H,1-2H3;3-6H2,1-2H3. The lowest BCUT2D eigenvalue weighted by Gasteiger charge is -2.02. The van der Waals surface area contributed by atoms with Crippen LogP contribution in [0.4, 0.5) is 0 Å². The molecule has 17 heavy (non-hydrogen) atoms. The number of ether oxygens (including phenoxy) is 1. The van der Waals surface area contributed by atoms with Crippen molar-refractivity contribution in [1.82, 2.24) is 4.98 Å². The van der Waals surface area contributed by atoms with Gasteiger partial charge in [-0.2, -0.15) is 0 Å². The normalized spacial score (nSPS) is 10.0. The fourth-order valence-electron chi connectivity index (χ4n) is 1.17. The van der Waals surface area contributed by atoms with E-state index in [2.05, 4.69) is 32.7 Å². The molecule has 1 heterocycles. The molecule has 0 spiro atoms. The highest BCUT2D eigenvalue weighted by Gasteiger charge is 1.97. The molecule has 0 aliphatic rings. The number of aromatic nitrogens is 1. The van der Waals surface area contributed by atoms with Gasteiger partial charge in [0.1, 0.15) is 5.15 Å². The minimum Gasteiger partial charge on any atom is -0.381 e. The van der Waals surface area contributed by atoms with E-state index < -0.39 is 0 Å². The van der Waals surface area contributed by atoms with E-state index >= 15 is 0 Å². The summed E-state index contributed by atoms with van der Waals surface area (Å²) in [5.41, 5.74) is 1.24. The first-order chi connectivity index (χ1) is 8.11. The molecular weight excluding hydrogens is 234 g/mol. The summed E-state index contributed by atoms with van der Waals surface area (Å²) in [6, 6.07) is 3.88. The fourth-order valence-corrected chi connectivity index (χ4v) is 1.35. The number of hydrogen-bond donors (Lipinski definition) is 0. The van der Waals surface area contributed by atoms with E-state index in [1.807, 2.05) is 12.1 Å². The van der Waals surface area contributed by atoms with Gasteiger partial charge < -0.3 is 4.74 Å². The highest BCUT2D eigenvalue weighted by molar-refractivity contribution is 6.29. The van der Waals surface area contributed by atoms with Crippen molar-refractivity contribution in [3.63, 3.8) is 0 Å². The van der Waals surface area contributed by atoms with E-state index in [0.29, 0.717) is 11.1 Å². The SMILES string of the molecule is CC(C)c1ccnc(Cl)c1.CCCOCCC. The van der Waals surface area contributed by atoms with Crippen LogP contribution in [0.15, 0.2) is 18.3 Å². The van der Waals surface area contributed by atoms with Crippen molar-refractivity contribution in [3.05, 3.63) is 29.0 Å². The molecule has 0 aliphatic carbocycles. The minimum atomic E-state index is 0.528. The predicted octanol–water partition coefficient (Wildman–Crippen LogP) is 4.68. The van der Waals surface area contributed by atoms with Crippen LogP contribution in [0.3, 0.4) is 0 Å². The van der Waals surface area contributed by atoms with E-state index in [1.54, 1.807) is 6.20 Å². The molecule has 0 bridgehead atoms. The van der Waals surface area contributed by atoms with Crippen LogP contribution in [0.2, 0.25) is 5.15 Å². The molecule has 3 heteroatoms. The Hall–Kier alpha value is -0.600. The fraction of sp³-hybridized carbons (Fsp3) is 0.643. The highest BCUT2D eigenvalue weighted by atomic mass is 35.5. The molecule has 0 fully saturated rings. The summed E-state index contributed by atoms with van der Waals surface area (Å²) < 4.78 is 5.13. The Morgan fingerprint density at radius 3 is 2.18 bits per heavy atom. The van der Waals surface area contributed by atoms with Crippen LogP contribution >= 0.6 is 11.6 Å². The maximum absolute atomic E-state index is 5.68. The summed E-state index contributed by atoms with van der Waals surface area (Å²) in [6.45, 7) is 10.4. The Morgan fingerprint density at radius 1 is 1.24 bits per heavy atom. The van der Waals surface area contributed by atoms with Gasteiger partial charge >= 0.3 is 0 Å². The Balaban J connectivity index is 0.000000325. The van der Waals surface area contributed by atoms with Gasteiger partial charge in [-0.25, -0.2) is 4.98 Å². The Bertz CT molecular complexity index is 285. The smallest absolute Gasteiger partial charge is 0.129 e. The first kappa shape index (κ1) is 16.4. The molecular formula is C14H24ClNO. The Labute approximate surface area is 110 Å². The van der Waals surface area contributed by atoms with E-state index in [1.165, 1.54) is 5.56 Å². The summed E-state index contributed by atoms with van der Waals surface area (Å²) >= 11 is 5.68. The van der Waals surface area contributed by atoms with E-state index in [9.17, 15) is 0 Å². The summed E-state index contributed by atoms with van der Waals surface area (Å²) in [7, 11) is 0. The lowest BCUT2D eigenvalue weighted by molar-refractivity contribution is 0.135. The average Bonchev–Trinajstić information content (AvgIpc) is 2.30. The van der Waals surface area contributed by atoms with Crippen molar-refractivity contribution >= 4 is 11.6 Å². The molecule has 98 valence electrons. The maximum atomic E-state index is 5.68.